The Morgan fingerprint density at radius 2 is 1.50 bits per heavy atom. The van der Waals surface area contributed by atoms with Gasteiger partial charge in [-0.05, 0) is 67.0 Å². The van der Waals surface area contributed by atoms with E-state index in [9.17, 15) is 9.59 Å². The van der Waals surface area contributed by atoms with Crippen molar-refractivity contribution in [3.63, 3.8) is 0 Å². The van der Waals surface area contributed by atoms with Crippen molar-refractivity contribution in [1.29, 1.82) is 0 Å². The first-order valence-corrected chi connectivity index (χ1v) is 8.29. The first-order valence-electron chi connectivity index (χ1n) is 7.50. The molecule has 2 N–H and O–H groups in total. The van der Waals surface area contributed by atoms with Crippen molar-refractivity contribution in [2.75, 3.05) is 0 Å². The lowest BCUT2D eigenvalue weighted by Gasteiger charge is -2.13. The zero-order chi connectivity index (χ0) is 17.7. The molecule has 0 heterocycles. The summed E-state index contributed by atoms with van der Waals surface area (Å²) in [7, 11) is 0. The molecular formula is C18H19BrN2O3. The molecule has 0 atom stereocenters. The molecule has 126 valence electrons. The Morgan fingerprint density at radius 3 is 2.04 bits per heavy atom. The largest absolute Gasteiger partial charge is 0.490 e. The molecule has 0 aliphatic rings. The van der Waals surface area contributed by atoms with Gasteiger partial charge in [-0.2, -0.15) is 0 Å². The van der Waals surface area contributed by atoms with E-state index in [1.54, 1.807) is 30.3 Å². The third kappa shape index (κ3) is 4.83. The summed E-state index contributed by atoms with van der Waals surface area (Å²) in [5.41, 5.74) is 6.74. The van der Waals surface area contributed by atoms with Crippen LogP contribution in [0.25, 0.3) is 0 Å². The molecule has 0 saturated carbocycles. The highest BCUT2D eigenvalue weighted by Crippen LogP contribution is 2.26. The minimum atomic E-state index is -0.410. The highest BCUT2D eigenvalue weighted by Gasteiger charge is 2.12. The van der Waals surface area contributed by atoms with E-state index in [-0.39, 0.29) is 12.0 Å². The van der Waals surface area contributed by atoms with Gasteiger partial charge in [0.1, 0.15) is 5.75 Å². The number of nitrogens with one attached hydrogen (secondary N) is 2. The number of benzene rings is 2. The zero-order valence-electron chi connectivity index (χ0n) is 13.7. The molecule has 0 aromatic heterocycles. The summed E-state index contributed by atoms with van der Waals surface area (Å²) in [4.78, 5) is 24.1. The third-order valence-corrected chi connectivity index (χ3v) is 3.78. The fourth-order valence-corrected chi connectivity index (χ4v) is 2.43. The second-order valence-electron chi connectivity index (χ2n) is 5.59. The van der Waals surface area contributed by atoms with Crippen LogP contribution in [0.15, 0.2) is 46.9 Å². The van der Waals surface area contributed by atoms with E-state index in [1.165, 1.54) is 0 Å². The van der Waals surface area contributed by atoms with E-state index in [4.69, 9.17) is 4.74 Å². The van der Waals surface area contributed by atoms with Gasteiger partial charge in [0.05, 0.1) is 10.6 Å². The number of hydrazine groups is 1. The van der Waals surface area contributed by atoms with Crippen molar-refractivity contribution >= 4 is 27.7 Å². The summed E-state index contributed by atoms with van der Waals surface area (Å²) < 4.78 is 6.27. The van der Waals surface area contributed by atoms with Gasteiger partial charge < -0.3 is 4.74 Å². The van der Waals surface area contributed by atoms with Crippen LogP contribution < -0.4 is 15.6 Å². The number of ether oxygens (including phenoxy) is 1. The van der Waals surface area contributed by atoms with Crippen molar-refractivity contribution in [1.82, 2.24) is 10.9 Å². The topological polar surface area (TPSA) is 67.4 Å². The summed E-state index contributed by atoms with van der Waals surface area (Å²) in [5, 5.41) is 0. The molecular weight excluding hydrogens is 372 g/mol. The van der Waals surface area contributed by atoms with Crippen LogP contribution in [0.3, 0.4) is 0 Å². The Bertz CT molecular complexity index is 742. The number of rotatable bonds is 4. The van der Waals surface area contributed by atoms with Gasteiger partial charge in [-0.15, -0.1) is 0 Å². The fourth-order valence-electron chi connectivity index (χ4n) is 1.95. The Kier molecular flexibility index (Phi) is 5.98. The minimum Gasteiger partial charge on any atom is -0.490 e. The first kappa shape index (κ1) is 18.0. The van der Waals surface area contributed by atoms with Gasteiger partial charge in [-0.1, -0.05) is 17.7 Å². The van der Waals surface area contributed by atoms with E-state index < -0.39 is 5.91 Å². The lowest BCUT2D eigenvalue weighted by molar-refractivity contribution is 0.0846. The van der Waals surface area contributed by atoms with E-state index >= 15 is 0 Å². The average Bonchev–Trinajstić information content (AvgIpc) is 2.54. The van der Waals surface area contributed by atoms with Crippen LogP contribution in [0.1, 0.15) is 40.1 Å². The van der Waals surface area contributed by atoms with Crippen molar-refractivity contribution in [3.8, 4) is 5.75 Å². The molecule has 2 rings (SSSR count). The van der Waals surface area contributed by atoms with Gasteiger partial charge in [0, 0.05) is 11.1 Å². The van der Waals surface area contributed by atoms with Crippen LogP contribution in [0.5, 0.6) is 5.75 Å². The maximum Gasteiger partial charge on any atom is 0.269 e. The number of carbonyl (C=O) groups excluding carboxylic acids is 2. The molecule has 0 bridgehead atoms. The second kappa shape index (κ2) is 7.97. The maximum atomic E-state index is 12.1. The SMILES string of the molecule is Cc1ccc(C(=O)NNC(=O)c2ccc(OC(C)C)c(Br)c2)cc1. The molecule has 0 aliphatic heterocycles. The van der Waals surface area contributed by atoms with Gasteiger partial charge in [-0.25, -0.2) is 0 Å². The van der Waals surface area contributed by atoms with E-state index in [2.05, 4.69) is 26.8 Å². The van der Waals surface area contributed by atoms with Crippen LogP contribution in [0.4, 0.5) is 0 Å². The lowest BCUT2D eigenvalue weighted by Crippen LogP contribution is -2.41. The molecule has 0 radical (unpaired) electrons. The predicted octanol–water partition coefficient (Wildman–Crippen LogP) is 3.62. The summed E-state index contributed by atoms with van der Waals surface area (Å²) in [6, 6.07) is 12.1. The Balaban J connectivity index is 1.98. The molecule has 0 aliphatic carbocycles. The number of halogens is 1. The average molecular weight is 391 g/mol. The Labute approximate surface area is 149 Å². The van der Waals surface area contributed by atoms with Gasteiger partial charge in [-0.3, -0.25) is 20.4 Å². The number of amides is 2. The van der Waals surface area contributed by atoms with Gasteiger partial charge >= 0.3 is 0 Å². The zero-order valence-corrected chi connectivity index (χ0v) is 15.3. The van der Waals surface area contributed by atoms with Crippen molar-refractivity contribution < 1.29 is 14.3 Å². The molecule has 2 amide bonds. The normalized spacial score (nSPS) is 10.4. The molecule has 24 heavy (non-hydrogen) atoms. The summed E-state index contributed by atoms with van der Waals surface area (Å²) >= 11 is 3.38. The van der Waals surface area contributed by atoms with Gasteiger partial charge in [0.15, 0.2) is 0 Å². The minimum absolute atomic E-state index is 0.0368. The lowest BCUT2D eigenvalue weighted by atomic mass is 10.1. The highest BCUT2D eigenvalue weighted by atomic mass is 79.9. The van der Waals surface area contributed by atoms with Crippen molar-refractivity contribution in [2.45, 2.75) is 26.9 Å². The molecule has 2 aromatic carbocycles. The smallest absolute Gasteiger partial charge is 0.269 e. The summed E-state index contributed by atoms with van der Waals surface area (Å²) in [6.07, 6.45) is 0.0368. The molecule has 2 aromatic rings. The van der Waals surface area contributed by atoms with Crippen LogP contribution in [-0.4, -0.2) is 17.9 Å². The van der Waals surface area contributed by atoms with E-state index in [0.29, 0.717) is 21.3 Å². The van der Waals surface area contributed by atoms with Crippen LogP contribution >= 0.6 is 15.9 Å². The van der Waals surface area contributed by atoms with Crippen LogP contribution in [0, 0.1) is 6.92 Å². The van der Waals surface area contributed by atoms with E-state index in [1.807, 2.05) is 32.9 Å². The molecule has 0 saturated heterocycles. The Hall–Kier alpha value is -2.34. The second-order valence-corrected chi connectivity index (χ2v) is 6.44. The van der Waals surface area contributed by atoms with Gasteiger partial charge in [0.25, 0.3) is 11.8 Å². The predicted molar refractivity (Wildman–Crippen MR) is 96.0 cm³/mol. The van der Waals surface area contributed by atoms with Crippen molar-refractivity contribution in [2.24, 2.45) is 0 Å². The third-order valence-electron chi connectivity index (χ3n) is 3.16. The van der Waals surface area contributed by atoms with E-state index in [0.717, 1.165) is 5.56 Å². The van der Waals surface area contributed by atoms with Gasteiger partial charge in [0.2, 0.25) is 0 Å². The number of carbonyl (C=O) groups is 2. The van der Waals surface area contributed by atoms with Crippen LogP contribution in [0.2, 0.25) is 0 Å². The quantitative estimate of drug-likeness (QED) is 0.783. The van der Waals surface area contributed by atoms with Crippen molar-refractivity contribution in [3.05, 3.63) is 63.6 Å². The fraction of sp³-hybridized carbons (Fsp3) is 0.222. The monoisotopic (exact) mass is 390 g/mol. The van der Waals surface area contributed by atoms with Crippen LogP contribution in [-0.2, 0) is 0 Å². The number of aryl methyl sites for hydroxylation is 1. The highest BCUT2D eigenvalue weighted by molar-refractivity contribution is 9.10. The maximum absolute atomic E-state index is 12.1. The number of hydrogen-bond donors (Lipinski definition) is 2. The molecule has 5 nitrogen and oxygen atoms in total. The first-order chi connectivity index (χ1) is 11.4. The number of hydrogen-bond acceptors (Lipinski definition) is 3. The molecule has 0 fully saturated rings. The molecule has 6 heteroatoms. The Morgan fingerprint density at radius 1 is 0.958 bits per heavy atom. The molecule has 0 unspecified atom stereocenters. The molecule has 0 spiro atoms. The summed E-state index contributed by atoms with van der Waals surface area (Å²) in [6.45, 7) is 5.79. The standard InChI is InChI=1S/C18H19BrN2O3/c1-11(2)24-16-9-8-14(10-15(16)19)18(23)21-20-17(22)13-6-4-12(3)5-7-13/h4-11H,1-3H3,(H,20,22)(H,21,23). The summed E-state index contributed by atoms with van der Waals surface area (Å²) in [5.74, 6) is -0.125.